The van der Waals surface area contributed by atoms with Gasteiger partial charge in [0.1, 0.15) is 12.6 Å². The lowest BCUT2D eigenvalue weighted by Gasteiger charge is -2.21. The minimum Gasteiger partial charge on any atom is -0.467 e. The fraction of sp³-hybridized carbons (Fsp3) is 0.429. The van der Waals surface area contributed by atoms with Gasteiger partial charge in [0, 0.05) is 12.6 Å². The Morgan fingerprint density at radius 2 is 2.00 bits per heavy atom. The molecule has 2 rings (SSSR count). The van der Waals surface area contributed by atoms with E-state index in [1.165, 1.54) is 12.0 Å². The molecule has 2 N–H and O–H groups in total. The number of hydrogen-bond acceptors (Lipinski definition) is 5. The summed E-state index contributed by atoms with van der Waals surface area (Å²) in [5.41, 5.74) is 6.68. The maximum atomic E-state index is 12.0. The van der Waals surface area contributed by atoms with Crippen molar-refractivity contribution in [2.75, 3.05) is 13.7 Å². The molecule has 1 aliphatic heterocycles. The molecule has 6 nitrogen and oxygen atoms in total. The summed E-state index contributed by atoms with van der Waals surface area (Å²) in [5, 5.41) is 0. The second-order valence-corrected chi connectivity index (χ2v) is 4.73. The number of nitrogens with zero attached hydrogens (tertiary/aromatic N) is 1. The van der Waals surface area contributed by atoms with Crippen molar-refractivity contribution in [1.82, 2.24) is 4.90 Å². The third-order valence-electron chi connectivity index (χ3n) is 3.25. The highest BCUT2D eigenvalue weighted by Crippen LogP contribution is 2.19. The van der Waals surface area contributed by atoms with Crippen LogP contribution in [0.3, 0.4) is 0 Å². The summed E-state index contributed by atoms with van der Waals surface area (Å²) in [7, 11) is 1.29. The number of amides is 1. The van der Waals surface area contributed by atoms with Crippen LogP contribution in [0.1, 0.15) is 12.0 Å². The van der Waals surface area contributed by atoms with Gasteiger partial charge in [0.2, 0.25) is 0 Å². The summed E-state index contributed by atoms with van der Waals surface area (Å²) in [6.07, 6.45) is -0.148. The van der Waals surface area contributed by atoms with E-state index in [1.54, 1.807) is 0 Å². The molecular weight excluding hydrogens is 296 g/mol. The molecule has 1 aromatic carbocycles. The number of nitrogens with two attached hydrogens (primary N) is 1. The first kappa shape index (κ1) is 17.3. The van der Waals surface area contributed by atoms with Crippen molar-refractivity contribution in [3.8, 4) is 0 Å². The quantitative estimate of drug-likeness (QED) is 0.851. The van der Waals surface area contributed by atoms with Crippen LogP contribution in [0.4, 0.5) is 4.79 Å². The zero-order chi connectivity index (χ0) is 14.5. The van der Waals surface area contributed by atoms with Gasteiger partial charge in [0.15, 0.2) is 0 Å². The van der Waals surface area contributed by atoms with E-state index >= 15 is 0 Å². The van der Waals surface area contributed by atoms with Gasteiger partial charge in [-0.1, -0.05) is 30.3 Å². The molecule has 21 heavy (non-hydrogen) atoms. The predicted molar refractivity (Wildman–Crippen MR) is 79.0 cm³/mol. The van der Waals surface area contributed by atoms with Crippen molar-refractivity contribution in [1.29, 1.82) is 0 Å². The Morgan fingerprint density at radius 1 is 1.33 bits per heavy atom. The molecular formula is C14H19ClN2O4. The van der Waals surface area contributed by atoms with E-state index in [0.29, 0.717) is 13.0 Å². The van der Waals surface area contributed by atoms with E-state index in [-0.39, 0.29) is 25.1 Å². The van der Waals surface area contributed by atoms with Crippen LogP contribution in [0, 0.1) is 0 Å². The lowest BCUT2D eigenvalue weighted by molar-refractivity contribution is -0.145. The number of rotatable bonds is 3. The van der Waals surface area contributed by atoms with Gasteiger partial charge < -0.3 is 15.2 Å². The molecule has 116 valence electrons. The van der Waals surface area contributed by atoms with E-state index in [1.807, 2.05) is 30.3 Å². The van der Waals surface area contributed by atoms with Crippen molar-refractivity contribution in [2.24, 2.45) is 5.73 Å². The Morgan fingerprint density at radius 3 is 2.62 bits per heavy atom. The normalized spacial score (nSPS) is 20.6. The summed E-state index contributed by atoms with van der Waals surface area (Å²) in [4.78, 5) is 25.0. The molecule has 1 aliphatic rings. The van der Waals surface area contributed by atoms with Gasteiger partial charge >= 0.3 is 12.1 Å². The Labute approximate surface area is 129 Å². The highest BCUT2D eigenvalue weighted by atomic mass is 35.5. The summed E-state index contributed by atoms with van der Waals surface area (Å²) >= 11 is 0. The Hall–Kier alpha value is -1.79. The molecule has 1 amide bonds. The lowest BCUT2D eigenvalue weighted by Crippen LogP contribution is -2.41. The molecule has 0 spiro atoms. The van der Waals surface area contributed by atoms with Crippen molar-refractivity contribution in [3.63, 3.8) is 0 Å². The fourth-order valence-electron chi connectivity index (χ4n) is 2.23. The first-order valence-corrected chi connectivity index (χ1v) is 6.42. The molecule has 1 heterocycles. The smallest absolute Gasteiger partial charge is 0.410 e. The number of likely N-dealkylation sites (tertiary alicyclic amines) is 1. The molecule has 0 saturated carbocycles. The molecule has 0 radical (unpaired) electrons. The third-order valence-corrected chi connectivity index (χ3v) is 3.25. The summed E-state index contributed by atoms with van der Waals surface area (Å²) < 4.78 is 9.89. The van der Waals surface area contributed by atoms with Gasteiger partial charge in [-0.25, -0.2) is 9.59 Å². The standard InChI is InChI=1S/C14H18N2O4.ClH/c1-19-13(17)12-7-11(15)8-16(12)14(18)20-9-10-5-3-2-4-6-10;/h2-6,11-12H,7-9,15H2,1H3;1H/t11-,12?;/m1./s1. The molecule has 2 atom stereocenters. The molecule has 1 saturated heterocycles. The van der Waals surface area contributed by atoms with Crippen LogP contribution in [0.2, 0.25) is 0 Å². The zero-order valence-corrected chi connectivity index (χ0v) is 12.5. The van der Waals surface area contributed by atoms with Crippen molar-refractivity contribution >= 4 is 24.5 Å². The lowest BCUT2D eigenvalue weighted by atomic mass is 10.2. The molecule has 1 fully saturated rings. The van der Waals surface area contributed by atoms with Gasteiger partial charge in [-0.15, -0.1) is 12.4 Å². The number of carbonyl (C=O) groups is 2. The summed E-state index contributed by atoms with van der Waals surface area (Å²) in [6.45, 7) is 0.465. The van der Waals surface area contributed by atoms with Crippen LogP contribution in [0.15, 0.2) is 30.3 Å². The fourth-order valence-corrected chi connectivity index (χ4v) is 2.23. The van der Waals surface area contributed by atoms with Crippen LogP contribution in [-0.4, -0.2) is 42.7 Å². The van der Waals surface area contributed by atoms with Crippen LogP contribution in [-0.2, 0) is 20.9 Å². The Balaban J connectivity index is 0.00000220. The Bertz CT molecular complexity index is 483. The monoisotopic (exact) mass is 314 g/mol. The van der Waals surface area contributed by atoms with Crippen molar-refractivity contribution < 1.29 is 19.1 Å². The molecule has 1 aromatic rings. The largest absolute Gasteiger partial charge is 0.467 e. The van der Waals surface area contributed by atoms with Crippen LogP contribution >= 0.6 is 12.4 Å². The van der Waals surface area contributed by atoms with Gasteiger partial charge in [-0.3, -0.25) is 4.90 Å². The van der Waals surface area contributed by atoms with Crippen molar-refractivity contribution in [3.05, 3.63) is 35.9 Å². The Kier molecular flexibility index (Phi) is 6.45. The van der Waals surface area contributed by atoms with Gasteiger partial charge in [0.25, 0.3) is 0 Å². The number of ether oxygens (including phenoxy) is 2. The van der Waals surface area contributed by atoms with E-state index in [0.717, 1.165) is 5.56 Å². The number of esters is 1. The second kappa shape index (κ2) is 7.85. The van der Waals surface area contributed by atoms with E-state index < -0.39 is 18.1 Å². The maximum absolute atomic E-state index is 12.0. The van der Waals surface area contributed by atoms with Crippen LogP contribution in [0.25, 0.3) is 0 Å². The molecule has 0 aromatic heterocycles. The second-order valence-electron chi connectivity index (χ2n) is 4.73. The van der Waals surface area contributed by atoms with Crippen LogP contribution in [0.5, 0.6) is 0 Å². The van der Waals surface area contributed by atoms with Crippen LogP contribution < -0.4 is 5.73 Å². The molecule has 7 heteroatoms. The average Bonchev–Trinajstić information content (AvgIpc) is 2.87. The summed E-state index contributed by atoms with van der Waals surface area (Å²) in [6, 6.07) is 8.46. The van der Waals surface area contributed by atoms with E-state index in [9.17, 15) is 9.59 Å². The predicted octanol–water partition coefficient (Wildman–Crippen LogP) is 1.32. The van der Waals surface area contributed by atoms with Gasteiger partial charge in [-0.2, -0.15) is 0 Å². The highest BCUT2D eigenvalue weighted by molar-refractivity contribution is 5.85. The number of benzene rings is 1. The third kappa shape index (κ3) is 4.34. The minimum atomic E-state index is -0.654. The van der Waals surface area contributed by atoms with Gasteiger partial charge in [0.05, 0.1) is 7.11 Å². The van der Waals surface area contributed by atoms with E-state index in [4.69, 9.17) is 10.5 Å². The SMILES string of the molecule is COC(=O)C1C[C@@H](N)CN1C(=O)OCc1ccccc1.Cl. The topological polar surface area (TPSA) is 81.9 Å². The number of carbonyl (C=O) groups excluding carboxylic acids is 2. The van der Waals surface area contributed by atoms with Crippen molar-refractivity contribution in [2.45, 2.75) is 25.1 Å². The minimum absolute atomic E-state index is 0. The number of methoxy groups -OCH3 is 1. The van der Waals surface area contributed by atoms with Gasteiger partial charge in [-0.05, 0) is 12.0 Å². The number of halogens is 1. The average molecular weight is 315 g/mol. The first-order chi connectivity index (χ1) is 9.61. The van der Waals surface area contributed by atoms with E-state index in [2.05, 4.69) is 4.74 Å². The number of hydrogen-bond donors (Lipinski definition) is 1. The highest BCUT2D eigenvalue weighted by Gasteiger charge is 2.39. The molecule has 0 aliphatic carbocycles. The zero-order valence-electron chi connectivity index (χ0n) is 11.7. The maximum Gasteiger partial charge on any atom is 0.410 e. The molecule has 1 unspecified atom stereocenters. The molecule has 0 bridgehead atoms. The summed E-state index contributed by atoms with van der Waals surface area (Å²) in [5.74, 6) is -0.463. The first-order valence-electron chi connectivity index (χ1n) is 6.42.